The molecule has 1 heterocycles. The Kier molecular flexibility index (Phi) is 3.23. The van der Waals surface area contributed by atoms with Crippen LogP contribution in [0.25, 0.3) is 0 Å². The molecular formula is C11H13ClN2O. The Morgan fingerprint density at radius 1 is 1.33 bits per heavy atom. The highest BCUT2D eigenvalue weighted by atomic mass is 35.5. The Labute approximate surface area is 94.0 Å². The van der Waals surface area contributed by atoms with Gasteiger partial charge in [-0.05, 0) is 12.1 Å². The van der Waals surface area contributed by atoms with E-state index in [1.807, 2.05) is 29.2 Å². The molecule has 15 heavy (non-hydrogen) atoms. The van der Waals surface area contributed by atoms with E-state index >= 15 is 0 Å². The molecule has 0 bridgehead atoms. The summed E-state index contributed by atoms with van der Waals surface area (Å²) in [5.74, 6) is 0.201. The number of rotatable bonds is 1. The molecule has 0 aliphatic carbocycles. The zero-order valence-corrected chi connectivity index (χ0v) is 9.13. The third-order valence-electron chi connectivity index (χ3n) is 2.44. The van der Waals surface area contributed by atoms with Gasteiger partial charge >= 0.3 is 0 Å². The molecule has 3 nitrogen and oxygen atoms in total. The van der Waals surface area contributed by atoms with Crippen LogP contribution in [0.1, 0.15) is 0 Å². The van der Waals surface area contributed by atoms with Crippen LogP contribution in [0, 0.1) is 0 Å². The van der Waals surface area contributed by atoms with Crippen LogP contribution in [-0.2, 0) is 4.79 Å². The summed E-state index contributed by atoms with van der Waals surface area (Å²) in [6, 6.07) is 7.62. The van der Waals surface area contributed by atoms with Crippen molar-refractivity contribution in [3.63, 3.8) is 0 Å². The quantitative estimate of drug-likeness (QED) is 0.781. The number of carbonyl (C=O) groups is 1. The molecule has 2 rings (SSSR count). The van der Waals surface area contributed by atoms with Crippen LogP contribution in [0.5, 0.6) is 0 Å². The summed E-state index contributed by atoms with van der Waals surface area (Å²) < 4.78 is 0. The second-order valence-electron chi connectivity index (χ2n) is 3.59. The topological polar surface area (TPSA) is 32.3 Å². The van der Waals surface area contributed by atoms with E-state index in [2.05, 4.69) is 5.32 Å². The van der Waals surface area contributed by atoms with Gasteiger partial charge in [-0.1, -0.05) is 23.7 Å². The number of carbonyl (C=O) groups excluding carboxylic acids is 1. The fourth-order valence-corrected chi connectivity index (χ4v) is 1.96. The maximum absolute atomic E-state index is 11.4. The third-order valence-corrected chi connectivity index (χ3v) is 2.76. The van der Waals surface area contributed by atoms with E-state index in [9.17, 15) is 4.79 Å². The smallest absolute Gasteiger partial charge is 0.165 e. The number of nitrogens with zero attached hydrogens (tertiary/aromatic N) is 1. The minimum atomic E-state index is 0.201. The van der Waals surface area contributed by atoms with Gasteiger partial charge in [0.1, 0.15) is 0 Å². The van der Waals surface area contributed by atoms with Gasteiger partial charge in [-0.2, -0.15) is 0 Å². The molecule has 1 N–H and O–H groups in total. The lowest BCUT2D eigenvalue weighted by atomic mass is 10.2. The van der Waals surface area contributed by atoms with Crippen molar-refractivity contribution in [3.8, 4) is 0 Å². The highest BCUT2D eigenvalue weighted by Gasteiger charge is 2.16. The van der Waals surface area contributed by atoms with Gasteiger partial charge in [0.2, 0.25) is 0 Å². The molecule has 1 fully saturated rings. The van der Waals surface area contributed by atoms with Crippen LogP contribution in [-0.4, -0.2) is 32.0 Å². The average Bonchev–Trinajstić information content (AvgIpc) is 2.43. The Hall–Kier alpha value is -1.06. The molecule has 1 aliphatic rings. The Bertz CT molecular complexity index is 367. The molecular weight excluding hydrogens is 212 g/mol. The van der Waals surface area contributed by atoms with Gasteiger partial charge in [0.15, 0.2) is 5.78 Å². The molecule has 80 valence electrons. The standard InChI is InChI=1S/C11H13ClN2O/c12-10-3-1-2-4-11(10)14-6-5-13-7-9(15)8-14/h1-4,13H,5-8H2. The summed E-state index contributed by atoms with van der Waals surface area (Å²) in [5, 5.41) is 3.78. The number of halogens is 1. The molecule has 0 spiro atoms. The van der Waals surface area contributed by atoms with E-state index in [-0.39, 0.29) is 5.78 Å². The van der Waals surface area contributed by atoms with Crippen LogP contribution in [0.4, 0.5) is 5.69 Å². The minimum Gasteiger partial charge on any atom is -0.362 e. The van der Waals surface area contributed by atoms with Crippen molar-refractivity contribution < 1.29 is 4.79 Å². The van der Waals surface area contributed by atoms with Gasteiger partial charge in [0.05, 0.1) is 23.8 Å². The first-order valence-electron chi connectivity index (χ1n) is 4.99. The van der Waals surface area contributed by atoms with E-state index in [0.717, 1.165) is 18.8 Å². The molecule has 1 aliphatic heterocycles. The minimum absolute atomic E-state index is 0.201. The lowest BCUT2D eigenvalue weighted by molar-refractivity contribution is -0.116. The summed E-state index contributed by atoms with van der Waals surface area (Å²) in [5.41, 5.74) is 0.941. The van der Waals surface area contributed by atoms with Crippen LogP contribution >= 0.6 is 11.6 Å². The molecule has 0 aromatic heterocycles. The van der Waals surface area contributed by atoms with Crippen LogP contribution < -0.4 is 10.2 Å². The molecule has 0 atom stereocenters. The van der Waals surface area contributed by atoms with Gasteiger partial charge in [-0.15, -0.1) is 0 Å². The van der Waals surface area contributed by atoms with Crippen molar-refractivity contribution in [2.24, 2.45) is 0 Å². The molecule has 0 amide bonds. The van der Waals surface area contributed by atoms with Crippen molar-refractivity contribution >= 4 is 23.1 Å². The third kappa shape index (κ3) is 2.49. The van der Waals surface area contributed by atoms with Crippen LogP contribution in [0.2, 0.25) is 5.02 Å². The highest BCUT2D eigenvalue weighted by Crippen LogP contribution is 2.24. The van der Waals surface area contributed by atoms with E-state index in [1.165, 1.54) is 0 Å². The van der Waals surface area contributed by atoms with Gasteiger partial charge in [0.25, 0.3) is 0 Å². The van der Waals surface area contributed by atoms with E-state index in [1.54, 1.807) is 0 Å². The van der Waals surface area contributed by atoms with Crippen LogP contribution in [0.15, 0.2) is 24.3 Å². The maximum atomic E-state index is 11.4. The molecule has 1 aromatic rings. The fraction of sp³-hybridized carbons (Fsp3) is 0.364. The number of hydrogen-bond acceptors (Lipinski definition) is 3. The molecule has 4 heteroatoms. The van der Waals surface area contributed by atoms with Gasteiger partial charge < -0.3 is 10.2 Å². The molecule has 1 saturated heterocycles. The van der Waals surface area contributed by atoms with Crippen molar-refractivity contribution in [1.29, 1.82) is 0 Å². The predicted molar refractivity (Wildman–Crippen MR) is 61.5 cm³/mol. The predicted octanol–water partition coefficient (Wildman–Crippen LogP) is 1.32. The lowest BCUT2D eigenvalue weighted by Crippen LogP contribution is -2.30. The maximum Gasteiger partial charge on any atom is 0.165 e. The molecule has 0 saturated carbocycles. The number of ketones is 1. The normalized spacial score (nSPS) is 17.7. The second-order valence-corrected chi connectivity index (χ2v) is 4.00. The SMILES string of the molecule is O=C1CNCCN(c2ccccc2Cl)C1. The molecule has 1 aromatic carbocycles. The Morgan fingerprint density at radius 3 is 2.93 bits per heavy atom. The van der Waals surface area contributed by atoms with Gasteiger partial charge in [0, 0.05) is 13.1 Å². The number of benzene rings is 1. The summed E-state index contributed by atoms with van der Waals surface area (Å²) in [7, 11) is 0. The summed E-state index contributed by atoms with van der Waals surface area (Å²) in [6.45, 7) is 2.53. The van der Waals surface area contributed by atoms with Crippen LogP contribution in [0.3, 0.4) is 0 Å². The first kappa shape index (κ1) is 10.5. The summed E-state index contributed by atoms with van der Waals surface area (Å²) >= 11 is 6.09. The van der Waals surface area contributed by atoms with Gasteiger partial charge in [-0.25, -0.2) is 0 Å². The van der Waals surface area contributed by atoms with Gasteiger partial charge in [-0.3, -0.25) is 4.79 Å². The second kappa shape index (κ2) is 4.64. The molecule has 0 radical (unpaired) electrons. The van der Waals surface area contributed by atoms with E-state index in [4.69, 9.17) is 11.6 Å². The number of nitrogens with one attached hydrogen (secondary N) is 1. The van der Waals surface area contributed by atoms with E-state index < -0.39 is 0 Å². The Balaban J connectivity index is 2.22. The van der Waals surface area contributed by atoms with Crippen molar-refractivity contribution in [1.82, 2.24) is 5.32 Å². The number of anilines is 1. The zero-order valence-electron chi connectivity index (χ0n) is 8.37. The largest absolute Gasteiger partial charge is 0.362 e. The lowest BCUT2D eigenvalue weighted by Gasteiger charge is -2.22. The average molecular weight is 225 g/mol. The number of hydrogen-bond donors (Lipinski definition) is 1. The van der Waals surface area contributed by atoms with Crippen molar-refractivity contribution in [2.45, 2.75) is 0 Å². The number of Topliss-reactive ketones (excluding diaryl/α,β-unsaturated/α-hetero) is 1. The highest BCUT2D eigenvalue weighted by molar-refractivity contribution is 6.33. The summed E-state index contributed by atoms with van der Waals surface area (Å²) in [6.07, 6.45) is 0. The zero-order chi connectivity index (χ0) is 10.7. The monoisotopic (exact) mass is 224 g/mol. The first-order chi connectivity index (χ1) is 7.27. The van der Waals surface area contributed by atoms with Crippen molar-refractivity contribution in [3.05, 3.63) is 29.3 Å². The Morgan fingerprint density at radius 2 is 2.13 bits per heavy atom. The number of para-hydroxylation sites is 1. The van der Waals surface area contributed by atoms with Crippen molar-refractivity contribution in [2.75, 3.05) is 31.1 Å². The fourth-order valence-electron chi connectivity index (χ4n) is 1.70. The molecule has 0 unspecified atom stereocenters. The summed E-state index contributed by atoms with van der Waals surface area (Å²) in [4.78, 5) is 13.4. The first-order valence-corrected chi connectivity index (χ1v) is 5.37. The van der Waals surface area contributed by atoms with E-state index in [0.29, 0.717) is 18.1 Å².